The maximum atomic E-state index is 13.2. The molecule has 0 aliphatic heterocycles. The van der Waals surface area contributed by atoms with Gasteiger partial charge >= 0.3 is 0 Å². The number of thioether (sulfide) groups is 2. The van der Waals surface area contributed by atoms with Gasteiger partial charge in [0.05, 0.1) is 0 Å². The number of aryl methyl sites for hydroxylation is 1. The van der Waals surface area contributed by atoms with Crippen molar-refractivity contribution in [3.63, 3.8) is 0 Å². The van der Waals surface area contributed by atoms with Crippen LogP contribution in [0.4, 0.5) is 10.8 Å². The maximum Gasteiger partial charge on any atom is 0.255 e. The molecule has 0 aliphatic rings. The number of benzene rings is 3. The van der Waals surface area contributed by atoms with Gasteiger partial charge in [-0.25, -0.2) is 0 Å². The van der Waals surface area contributed by atoms with Crippen LogP contribution in [0.25, 0.3) is 0 Å². The molecule has 0 saturated carbocycles. The number of nitrogens with one attached hydrogen (secondary N) is 2. The maximum absolute atomic E-state index is 13.2. The van der Waals surface area contributed by atoms with Crippen molar-refractivity contribution >= 4 is 57.7 Å². The highest BCUT2D eigenvalue weighted by molar-refractivity contribution is 8.00. The largest absolute Gasteiger partial charge is 0.322 e. The van der Waals surface area contributed by atoms with Crippen LogP contribution in [0.15, 0.2) is 88.9 Å². The quantitative estimate of drug-likeness (QED) is 0.239. The molecule has 0 fully saturated rings. The standard InChI is InChI=1S/C26H24N4O2S3/c1-3-33-26-29-25(35-30-26)28-24(32)22(18-9-5-4-6-10-18)34-21-14-12-20(13-15-21)27-23(31)19-11-7-8-17(2)16-19/h4-16,22H,3H2,1-2H3,(H,27,31)(H,28,29,30,32). The number of aromatic nitrogens is 2. The first-order chi connectivity index (χ1) is 17.0. The third-order valence-corrected chi connectivity index (χ3v) is 7.64. The lowest BCUT2D eigenvalue weighted by molar-refractivity contribution is -0.115. The van der Waals surface area contributed by atoms with Crippen LogP contribution < -0.4 is 10.6 Å². The zero-order valence-electron chi connectivity index (χ0n) is 19.2. The topological polar surface area (TPSA) is 84.0 Å². The lowest BCUT2D eigenvalue weighted by Gasteiger charge is -2.16. The summed E-state index contributed by atoms with van der Waals surface area (Å²) in [5, 5.41) is 6.51. The Morgan fingerprint density at radius 1 is 0.971 bits per heavy atom. The minimum absolute atomic E-state index is 0.159. The van der Waals surface area contributed by atoms with E-state index in [1.165, 1.54) is 35.1 Å². The van der Waals surface area contributed by atoms with Crippen LogP contribution in [0.5, 0.6) is 0 Å². The zero-order chi connectivity index (χ0) is 24.6. The van der Waals surface area contributed by atoms with E-state index < -0.39 is 5.25 Å². The Bertz CT molecular complexity index is 1290. The van der Waals surface area contributed by atoms with Crippen LogP contribution in [0, 0.1) is 6.92 Å². The molecule has 0 aliphatic carbocycles. The zero-order valence-corrected chi connectivity index (χ0v) is 21.7. The van der Waals surface area contributed by atoms with Crippen molar-refractivity contribution in [1.82, 2.24) is 9.36 Å². The van der Waals surface area contributed by atoms with Gasteiger partial charge in [0.1, 0.15) is 5.25 Å². The van der Waals surface area contributed by atoms with Gasteiger partial charge in [0, 0.05) is 27.7 Å². The van der Waals surface area contributed by atoms with Gasteiger partial charge < -0.3 is 5.32 Å². The van der Waals surface area contributed by atoms with Crippen LogP contribution >= 0.6 is 35.1 Å². The normalized spacial score (nSPS) is 11.6. The van der Waals surface area contributed by atoms with E-state index in [9.17, 15) is 9.59 Å². The number of hydrogen-bond acceptors (Lipinski definition) is 7. The van der Waals surface area contributed by atoms with Gasteiger partial charge in [0.15, 0.2) is 0 Å². The molecule has 178 valence electrons. The Kier molecular flexibility index (Phi) is 8.57. The van der Waals surface area contributed by atoms with Gasteiger partial charge in [-0.15, -0.1) is 11.8 Å². The van der Waals surface area contributed by atoms with Crippen molar-refractivity contribution in [2.24, 2.45) is 0 Å². The van der Waals surface area contributed by atoms with Gasteiger partial charge in [-0.2, -0.15) is 9.36 Å². The van der Waals surface area contributed by atoms with Gasteiger partial charge in [0.2, 0.25) is 16.2 Å². The predicted molar refractivity (Wildman–Crippen MR) is 146 cm³/mol. The summed E-state index contributed by atoms with van der Waals surface area (Å²) in [5.41, 5.74) is 3.22. The molecule has 2 amide bonds. The van der Waals surface area contributed by atoms with Gasteiger partial charge in [-0.1, -0.05) is 66.7 Å². The molecule has 0 radical (unpaired) electrons. The Balaban J connectivity index is 1.46. The Morgan fingerprint density at radius 2 is 1.74 bits per heavy atom. The van der Waals surface area contributed by atoms with Gasteiger partial charge in [0.25, 0.3) is 5.91 Å². The number of carbonyl (C=O) groups excluding carboxylic acids is 2. The number of anilines is 2. The van der Waals surface area contributed by atoms with Crippen LogP contribution in [0.1, 0.15) is 33.7 Å². The monoisotopic (exact) mass is 520 g/mol. The Labute approximate surface area is 217 Å². The summed E-state index contributed by atoms with van der Waals surface area (Å²) in [7, 11) is 0. The molecule has 9 heteroatoms. The minimum atomic E-state index is -0.477. The summed E-state index contributed by atoms with van der Waals surface area (Å²) in [5.74, 6) is 0.546. The van der Waals surface area contributed by atoms with Crippen LogP contribution in [-0.4, -0.2) is 26.9 Å². The average Bonchev–Trinajstić information content (AvgIpc) is 3.31. The molecule has 0 spiro atoms. The highest BCUT2D eigenvalue weighted by Gasteiger charge is 2.23. The number of carbonyl (C=O) groups is 2. The summed E-state index contributed by atoms with van der Waals surface area (Å²) in [6, 6.07) is 24.6. The molecule has 1 atom stereocenters. The molecule has 35 heavy (non-hydrogen) atoms. The van der Waals surface area contributed by atoms with Crippen molar-refractivity contribution < 1.29 is 9.59 Å². The molecule has 6 nitrogen and oxygen atoms in total. The highest BCUT2D eigenvalue weighted by Crippen LogP contribution is 2.37. The number of rotatable bonds is 9. The van der Waals surface area contributed by atoms with E-state index in [0.717, 1.165) is 21.8 Å². The van der Waals surface area contributed by atoms with Crippen molar-refractivity contribution in [2.75, 3.05) is 16.4 Å². The molecule has 1 heterocycles. The fraction of sp³-hybridized carbons (Fsp3) is 0.154. The second-order valence-corrected chi connectivity index (χ2v) is 10.7. The second kappa shape index (κ2) is 12.0. The van der Waals surface area contributed by atoms with E-state index in [0.29, 0.717) is 21.5 Å². The SMILES string of the molecule is CCSc1nsc(NC(=O)C(Sc2ccc(NC(=O)c3cccc(C)c3)cc2)c2ccccc2)n1. The minimum Gasteiger partial charge on any atom is -0.322 e. The van der Waals surface area contributed by atoms with Crippen molar-refractivity contribution in [3.8, 4) is 0 Å². The molecule has 0 saturated heterocycles. The fourth-order valence-electron chi connectivity index (χ4n) is 3.26. The molecule has 3 aromatic carbocycles. The number of hydrogen-bond donors (Lipinski definition) is 2. The molecule has 1 aromatic heterocycles. The first-order valence-corrected chi connectivity index (χ1v) is 13.6. The summed E-state index contributed by atoms with van der Waals surface area (Å²) < 4.78 is 4.27. The smallest absolute Gasteiger partial charge is 0.255 e. The van der Waals surface area contributed by atoms with Crippen LogP contribution in [-0.2, 0) is 4.79 Å². The molecular weight excluding hydrogens is 497 g/mol. The molecule has 4 rings (SSSR count). The lowest BCUT2D eigenvalue weighted by Crippen LogP contribution is -2.19. The van der Waals surface area contributed by atoms with Crippen molar-refractivity contribution in [1.29, 1.82) is 0 Å². The van der Waals surface area contributed by atoms with E-state index >= 15 is 0 Å². The van der Waals surface area contributed by atoms with Crippen LogP contribution in [0.2, 0.25) is 0 Å². The lowest BCUT2D eigenvalue weighted by atomic mass is 10.1. The van der Waals surface area contributed by atoms with Crippen molar-refractivity contribution in [3.05, 3.63) is 95.6 Å². The third-order valence-electron chi connectivity index (χ3n) is 4.90. The number of nitrogens with zero attached hydrogens (tertiary/aromatic N) is 2. The van der Waals surface area contributed by atoms with E-state index in [1.807, 2.05) is 86.6 Å². The third kappa shape index (κ3) is 6.94. The summed E-state index contributed by atoms with van der Waals surface area (Å²) in [6.45, 7) is 3.99. The highest BCUT2D eigenvalue weighted by atomic mass is 32.2. The molecule has 1 unspecified atom stereocenters. The Hall–Kier alpha value is -3.14. The number of amides is 2. The molecule has 0 bridgehead atoms. The van der Waals surface area contributed by atoms with E-state index in [1.54, 1.807) is 6.07 Å². The molecule has 2 N–H and O–H groups in total. The van der Waals surface area contributed by atoms with E-state index in [-0.39, 0.29) is 11.8 Å². The average molecular weight is 521 g/mol. The molecular formula is C26H24N4O2S3. The van der Waals surface area contributed by atoms with Gasteiger partial charge in [-0.05, 0) is 54.6 Å². The van der Waals surface area contributed by atoms with E-state index in [2.05, 4.69) is 20.0 Å². The second-order valence-electron chi connectivity index (χ2n) is 7.56. The fourth-order valence-corrected chi connectivity index (χ4v) is 5.56. The van der Waals surface area contributed by atoms with E-state index in [4.69, 9.17) is 0 Å². The summed E-state index contributed by atoms with van der Waals surface area (Å²) in [6.07, 6.45) is 0. The van der Waals surface area contributed by atoms with Crippen LogP contribution in [0.3, 0.4) is 0 Å². The van der Waals surface area contributed by atoms with Crippen molar-refractivity contribution in [2.45, 2.75) is 29.1 Å². The molecule has 4 aromatic rings. The first kappa shape index (κ1) is 25.0. The summed E-state index contributed by atoms with van der Waals surface area (Å²) in [4.78, 5) is 31.0. The predicted octanol–water partition coefficient (Wildman–Crippen LogP) is 6.68. The Morgan fingerprint density at radius 3 is 2.46 bits per heavy atom. The van der Waals surface area contributed by atoms with Gasteiger partial charge in [-0.3, -0.25) is 14.9 Å². The summed E-state index contributed by atoms with van der Waals surface area (Å²) >= 11 is 4.16. The first-order valence-electron chi connectivity index (χ1n) is 11.0.